The quantitative estimate of drug-likeness (QED) is 0.638. The van der Waals surface area contributed by atoms with Crippen LogP contribution in [0.15, 0.2) is 47.6 Å². The van der Waals surface area contributed by atoms with Crippen LogP contribution in [0.1, 0.15) is 5.56 Å². The molecule has 0 saturated carbocycles. The first-order chi connectivity index (χ1) is 11.7. The van der Waals surface area contributed by atoms with Crippen molar-refractivity contribution >= 4 is 17.5 Å². The maximum absolute atomic E-state index is 12.4. The topological polar surface area (TPSA) is 75.8 Å². The predicted molar refractivity (Wildman–Crippen MR) is 90.6 cm³/mol. The van der Waals surface area contributed by atoms with Crippen molar-refractivity contribution < 1.29 is 17.9 Å². The van der Waals surface area contributed by atoms with Gasteiger partial charge in [-0.3, -0.25) is 0 Å². The summed E-state index contributed by atoms with van der Waals surface area (Å²) in [6, 6.07) is 9.22. The summed E-state index contributed by atoms with van der Waals surface area (Å²) in [6.45, 7) is 0.254. The minimum absolute atomic E-state index is 0.0264. The van der Waals surface area contributed by atoms with Crippen molar-refractivity contribution in [3.05, 3.63) is 48.2 Å². The van der Waals surface area contributed by atoms with Crippen molar-refractivity contribution in [2.75, 3.05) is 24.3 Å². The van der Waals surface area contributed by atoms with Crippen LogP contribution >= 0.6 is 0 Å². The molecule has 3 N–H and O–H groups in total. The van der Waals surface area contributed by atoms with Gasteiger partial charge in [-0.25, -0.2) is 9.98 Å². The van der Waals surface area contributed by atoms with E-state index >= 15 is 0 Å². The van der Waals surface area contributed by atoms with Gasteiger partial charge >= 0.3 is 6.36 Å². The summed E-state index contributed by atoms with van der Waals surface area (Å²) in [5, 5.41) is 2.62. The van der Waals surface area contributed by atoms with E-state index in [0.29, 0.717) is 0 Å². The fraction of sp³-hybridized carbons (Fsp3) is 0.250. The van der Waals surface area contributed by atoms with Gasteiger partial charge in [0.25, 0.3) is 0 Å². The smallest absolute Gasteiger partial charge is 0.404 e. The van der Waals surface area contributed by atoms with Gasteiger partial charge in [0, 0.05) is 20.3 Å². The van der Waals surface area contributed by atoms with Gasteiger partial charge in [0.2, 0.25) is 0 Å². The minimum atomic E-state index is -4.79. The van der Waals surface area contributed by atoms with Crippen LogP contribution in [0, 0.1) is 0 Å². The molecule has 9 heteroatoms. The summed E-state index contributed by atoms with van der Waals surface area (Å²) < 4.78 is 41.2. The first kappa shape index (κ1) is 18.4. The lowest BCUT2D eigenvalue weighted by molar-refractivity contribution is -0.274. The molecule has 134 valence electrons. The number of anilines is 2. The average molecular weight is 353 g/mol. The molecule has 25 heavy (non-hydrogen) atoms. The number of rotatable bonds is 5. The molecule has 0 aliphatic rings. The Kier molecular flexibility index (Phi) is 5.68. The molecule has 0 spiro atoms. The molecule has 1 heterocycles. The third-order valence-electron chi connectivity index (χ3n) is 3.08. The SMILES string of the molecule is CN(C)c1cc(CN=C(N)Nc2ccccc2OC(F)(F)F)ccn1. The highest BCUT2D eigenvalue weighted by molar-refractivity contribution is 5.93. The van der Waals surface area contributed by atoms with Gasteiger partial charge in [0.15, 0.2) is 11.7 Å². The van der Waals surface area contributed by atoms with E-state index in [1.54, 1.807) is 18.3 Å². The number of benzene rings is 1. The Balaban J connectivity index is 2.08. The second-order valence-corrected chi connectivity index (χ2v) is 5.29. The van der Waals surface area contributed by atoms with E-state index in [9.17, 15) is 13.2 Å². The van der Waals surface area contributed by atoms with Crippen molar-refractivity contribution in [1.29, 1.82) is 0 Å². The number of hydrogen-bond donors (Lipinski definition) is 2. The lowest BCUT2D eigenvalue weighted by atomic mass is 10.2. The van der Waals surface area contributed by atoms with Gasteiger partial charge < -0.3 is 20.7 Å². The molecule has 0 bridgehead atoms. The second-order valence-electron chi connectivity index (χ2n) is 5.29. The molecular formula is C16H18F3N5O. The number of aromatic nitrogens is 1. The number of nitrogens with two attached hydrogens (primary N) is 1. The Morgan fingerprint density at radius 1 is 1.28 bits per heavy atom. The highest BCUT2D eigenvalue weighted by Gasteiger charge is 2.32. The van der Waals surface area contributed by atoms with Gasteiger partial charge in [-0.05, 0) is 29.8 Å². The molecule has 0 amide bonds. The monoisotopic (exact) mass is 353 g/mol. The first-order valence-electron chi connectivity index (χ1n) is 7.28. The molecular weight excluding hydrogens is 335 g/mol. The number of pyridine rings is 1. The van der Waals surface area contributed by atoms with Crippen molar-refractivity contribution in [3.8, 4) is 5.75 Å². The van der Waals surface area contributed by atoms with E-state index in [0.717, 1.165) is 11.4 Å². The largest absolute Gasteiger partial charge is 0.573 e. The normalized spacial score (nSPS) is 12.0. The number of hydrogen-bond acceptors (Lipinski definition) is 4. The van der Waals surface area contributed by atoms with Gasteiger partial charge in [-0.2, -0.15) is 0 Å². The third-order valence-corrected chi connectivity index (χ3v) is 3.08. The number of ether oxygens (including phenoxy) is 1. The second kappa shape index (κ2) is 7.73. The number of alkyl halides is 3. The Morgan fingerprint density at radius 2 is 2.00 bits per heavy atom. The number of halogens is 3. The molecule has 0 radical (unpaired) electrons. The fourth-order valence-electron chi connectivity index (χ4n) is 1.94. The Labute approximate surface area is 143 Å². The molecule has 0 aliphatic heterocycles. The molecule has 0 fully saturated rings. The lowest BCUT2D eigenvalue weighted by Crippen LogP contribution is -2.24. The van der Waals surface area contributed by atoms with Crippen molar-refractivity contribution in [2.45, 2.75) is 12.9 Å². The molecule has 0 atom stereocenters. The molecule has 6 nitrogen and oxygen atoms in total. The van der Waals surface area contributed by atoms with Gasteiger partial charge in [0.1, 0.15) is 5.82 Å². The van der Waals surface area contributed by atoms with Gasteiger partial charge in [0.05, 0.1) is 12.2 Å². The van der Waals surface area contributed by atoms with Crippen molar-refractivity contribution in [2.24, 2.45) is 10.7 Å². The Morgan fingerprint density at radius 3 is 2.68 bits per heavy atom. The van der Waals surface area contributed by atoms with Crippen molar-refractivity contribution in [3.63, 3.8) is 0 Å². The van der Waals surface area contributed by atoms with Crippen LogP contribution in [-0.2, 0) is 6.54 Å². The Bertz CT molecular complexity index is 747. The van der Waals surface area contributed by atoms with Crippen LogP contribution in [0.3, 0.4) is 0 Å². The van der Waals surface area contributed by atoms with E-state index in [-0.39, 0.29) is 23.9 Å². The summed E-state index contributed by atoms with van der Waals surface area (Å²) in [5.41, 5.74) is 6.70. The summed E-state index contributed by atoms with van der Waals surface area (Å²) in [7, 11) is 3.73. The zero-order valence-electron chi connectivity index (χ0n) is 13.7. The third kappa shape index (κ3) is 5.87. The number of nitrogens with one attached hydrogen (secondary N) is 1. The van der Waals surface area contributed by atoms with Crippen LogP contribution in [0.2, 0.25) is 0 Å². The maximum atomic E-state index is 12.4. The number of guanidine groups is 1. The molecule has 0 unspecified atom stereocenters. The summed E-state index contributed by atoms with van der Waals surface area (Å²) >= 11 is 0. The molecule has 1 aromatic carbocycles. The fourth-order valence-corrected chi connectivity index (χ4v) is 1.94. The highest BCUT2D eigenvalue weighted by Crippen LogP contribution is 2.29. The number of nitrogens with zero attached hydrogens (tertiary/aromatic N) is 3. The van der Waals surface area contributed by atoms with E-state index in [2.05, 4.69) is 20.0 Å². The average Bonchev–Trinajstić information content (AvgIpc) is 2.54. The van der Waals surface area contributed by atoms with E-state index in [1.807, 2.05) is 25.1 Å². The van der Waals surface area contributed by atoms with Crippen LogP contribution in [-0.4, -0.2) is 31.4 Å². The molecule has 0 saturated heterocycles. The van der Waals surface area contributed by atoms with E-state index < -0.39 is 6.36 Å². The standard InChI is InChI=1S/C16H18F3N5O/c1-24(2)14-9-11(7-8-21-14)10-22-15(20)23-12-5-3-4-6-13(12)25-16(17,18)19/h3-9H,10H2,1-2H3,(H3,20,22,23). The highest BCUT2D eigenvalue weighted by atomic mass is 19.4. The molecule has 1 aromatic heterocycles. The zero-order chi connectivity index (χ0) is 18.4. The minimum Gasteiger partial charge on any atom is -0.404 e. The molecule has 2 aromatic rings. The van der Waals surface area contributed by atoms with Crippen LogP contribution < -0.4 is 20.7 Å². The van der Waals surface area contributed by atoms with Gasteiger partial charge in [-0.15, -0.1) is 13.2 Å². The van der Waals surface area contributed by atoms with Crippen LogP contribution in [0.25, 0.3) is 0 Å². The molecule has 2 rings (SSSR count). The molecule has 0 aliphatic carbocycles. The summed E-state index contributed by atoms with van der Waals surface area (Å²) in [5.74, 6) is 0.358. The Hall–Kier alpha value is -2.97. The predicted octanol–water partition coefficient (Wildman–Crippen LogP) is 2.97. The van der Waals surface area contributed by atoms with E-state index in [4.69, 9.17) is 5.73 Å². The number of para-hydroxylation sites is 2. The van der Waals surface area contributed by atoms with Gasteiger partial charge in [-0.1, -0.05) is 12.1 Å². The summed E-state index contributed by atoms with van der Waals surface area (Å²) in [4.78, 5) is 10.2. The zero-order valence-corrected chi connectivity index (χ0v) is 13.7. The first-order valence-corrected chi connectivity index (χ1v) is 7.28. The maximum Gasteiger partial charge on any atom is 0.573 e. The van der Waals surface area contributed by atoms with E-state index in [1.165, 1.54) is 18.2 Å². The van der Waals surface area contributed by atoms with Crippen LogP contribution in [0.4, 0.5) is 24.7 Å². The van der Waals surface area contributed by atoms with Crippen LogP contribution in [0.5, 0.6) is 5.75 Å². The summed E-state index contributed by atoms with van der Waals surface area (Å²) in [6.07, 6.45) is -3.14. The van der Waals surface area contributed by atoms with Crippen molar-refractivity contribution in [1.82, 2.24) is 4.98 Å². The number of aliphatic imine (C=N–C) groups is 1. The lowest BCUT2D eigenvalue weighted by Gasteiger charge is -2.14.